The van der Waals surface area contributed by atoms with Crippen LogP contribution < -0.4 is 4.72 Å². The Morgan fingerprint density at radius 3 is 2.67 bits per heavy atom. The third-order valence-electron chi connectivity index (χ3n) is 4.13. The second-order valence-corrected chi connectivity index (χ2v) is 7.39. The van der Waals surface area contributed by atoms with Gasteiger partial charge < -0.3 is 0 Å². The number of aromatic nitrogens is 1. The maximum atomic E-state index is 13.0. The SMILES string of the molecule is Cc1cccc2c1CCC2NS(=O)(=O)c1cccnc1C(F)(F)F. The number of nitrogens with one attached hydrogen (secondary N) is 1. The second-order valence-electron chi connectivity index (χ2n) is 5.70. The van der Waals surface area contributed by atoms with Crippen molar-refractivity contribution in [2.45, 2.75) is 36.9 Å². The summed E-state index contributed by atoms with van der Waals surface area (Å²) in [7, 11) is -4.35. The third-order valence-corrected chi connectivity index (χ3v) is 5.63. The van der Waals surface area contributed by atoms with Crippen molar-refractivity contribution in [3.05, 3.63) is 58.9 Å². The van der Waals surface area contributed by atoms with E-state index in [9.17, 15) is 21.6 Å². The molecular formula is C16H15F3N2O2S. The topological polar surface area (TPSA) is 59.1 Å². The lowest BCUT2D eigenvalue weighted by atomic mass is 10.0. The number of pyridine rings is 1. The van der Waals surface area contributed by atoms with E-state index in [0.29, 0.717) is 12.8 Å². The van der Waals surface area contributed by atoms with E-state index in [0.717, 1.165) is 29.0 Å². The third kappa shape index (κ3) is 3.03. The molecule has 1 aromatic heterocycles. The van der Waals surface area contributed by atoms with Gasteiger partial charge in [0, 0.05) is 12.2 Å². The molecule has 0 radical (unpaired) electrons. The van der Waals surface area contributed by atoms with Crippen molar-refractivity contribution in [1.29, 1.82) is 0 Å². The van der Waals surface area contributed by atoms with Crippen molar-refractivity contribution in [2.24, 2.45) is 0 Å². The van der Waals surface area contributed by atoms with Crippen molar-refractivity contribution in [1.82, 2.24) is 9.71 Å². The van der Waals surface area contributed by atoms with Crippen LogP contribution in [-0.2, 0) is 22.6 Å². The molecule has 8 heteroatoms. The number of rotatable bonds is 3. The molecule has 0 spiro atoms. The Kier molecular flexibility index (Phi) is 4.13. The molecule has 0 amide bonds. The number of hydrogen-bond acceptors (Lipinski definition) is 3. The largest absolute Gasteiger partial charge is 0.434 e. The van der Waals surface area contributed by atoms with Crippen molar-refractivity contribution < 1.29 is 21.6 Å². The van der Waals surface area contributed by atoms with E-state index in [4.69, 9.17) is 0 Å². The molecule has 2 aromatic rings. The Bertz CT molecular complexity index is 879. The maximum absolute atomic E-state index is 13.0. The van der Waals surface area contributed by atoms with E-state index in [1.54, 1.807) is 6.07 Å². The first-order chi connectivity index (χ1) is 11.2. The van der Waals surface area contributed by atoms with E-state index in [1.165, 1.54) is 6.07 Å². The summed E-state index contributed by atoms with van der Waals surface area (Å²) in [4.78, 5) is 2.36. The predicted molar refractivity (Wildman–Crippen MR) is 81.8 cm³/mol. The van der Waals surface area contributed by atoms with Gasteiger partial charge in [0.2, 0.25) is 10.0 Å². The van der Waals surface area contributed by atoms with Crippen molar-refractivity contribution >= 4 is 10.0 Å². The molecule has 1 unspecified atom stereocenters. The highest BCUT2D eigenvalue weighted by Gasteiger charge is 2.40. The molecule has 4 nitrogen and oxygen atoms in total. The van der Waals surface area contributed by atoms with Gasteiger partial charge in [-0.15, -0.1) is 0 Å². The van der Waals surface area contributed by atoms with Crippen molar-refractivity contribution in [3.63, 3.8) is 0 Å². The summed E-state index contributed by atoms with van der Waals surface area (Å²) in [5.41, 5.74) is 1.51. The molecule has 1 N–H and O–H groups in total. The molecule has 0 saturated heterocycles. The fourth-order valence-corrected chi connectivity index (χ4v) is 4.46. The molecule has 0 aliphatic heterocycles. The average molecular weight is 356 g/mol. The number of halogens is 3. The lowest BCUT2D eigenvalue weighted by molar-refractivity contribution is -0.143. The summed E-state index contributed by atoms with van der Waals surface area (Å²) in [5.74, 6) is 0. The molecule has 128 valence electrons. The number of benzene rings is 1. The molecule has 1 aromatic carbocycles. The normalized spacial score (nSPS) is 17.8. The van der Waals surface area contributed by atoms with Crippen LogP contribution in [0.3, 0.4) is 0 Å². The highest BCUT2D eigenvalue weighted by Crippen LogP contribution is 2.36. The van der Waals surface area contributed by atoms with Crippen LogP contribution in [0.1, 0.15) is 34.8 Å². The summed E-state index contributed by atoms with van der Waals surface area (Å²) >= 11 is 0. The van der Waals surface area contributed by atoms with Crippen LogP contribution in [0.4, 0.5) is 13.2 Å². The fourth-order valence-electron chi connectivity index (χ4n) is 3.03. The predicted octanol–water partition coefficient (Wildman–Crippen LogP) is 3.37. The zero-order valence-electron chi connectivity index (χ0n) is 12.8. The van der Waals surface area contributed by atoms with Gasteiger partial charge in [0.1, 0.15) is 4.90 Å². The Hall–Kier alpha value is -1.93. The Morgan fingerprint density at radius 2 is 1.96 bits per heavy atom. The maximum Gasteiger partial charge on any atom is 0.434 e. The van der Waals surface area contributed by atoms with E-state index in [1.807, 2.05) is 19.1 Å². The van der Waals surface area contributed by atoms with E-state index in [-0.39, 0.29) is 0 Å². The zero-order chi connectivity index (χ0) is 17.5. The Morgan fingerprint density at radius 1 is 1.21 bits per heavy atom. The smallest absolute Gasteiger partial charge is 0.250 e. The zero-order valence-corrected chi connectivity index (χ0v) is 13.6. The van der Waals surface area contributed by atoms with Gasteiger partial charge in [-0.25, -0.2) is 13.1 Å². The quantitative estimate of drug-likeness (QED) is 0.917. The van der Waals surface area contributed by atoms with Gasteiger partial charge in [-0.1, -0.05) is 18.2 Å². The number of aryl methyl sites for hydroxylation is 1. The molecule has 0 fully saturated rings. The van der Waals surface area contributed by atoms with Gasteiger partial charge in [0.15, 0.2) is 5.69 Å². The van der Waals surface area contributed by atoms with Crippen molar-refractivity contribution in [3.8, 4) is 0 Å². The highest BCUT2D eigenvalue weighted by molar-refractivity contribution is 7.89. The van der Waals surface area contributed by atoms with Crippen LogP contribution in [0.2, 0.25) is 0 Å². The van der Waals surface area contributed by atoms with Crippen LogP contribution in [0.25, 0.3) is 0 Å². The first-order valence-corrected chi connectivity index (χ1v) is 8.81. The van der Waals surface area contributed by atoms with Gasteiger partial charge in [0.05, 0.1) is 0 Å². The molecule has 1 atom stereocenters. The molecule has 0 bridgehead atoms. The first-order valence-electron chi connectivity index (χ1n) is 7.33. The minimum atomic E-state index is -4.84. The Labute approximate surface area is 137 Å². The average Bonchev–Trinajstić information content (AvgIpc) is 2.90. The minimum Gasteiger partial charge on any atom is -0.250 e. The summed E-state index contributed by atoms with van der Waals surface area (Å²) in [6.07, 6.45) is -2.71. The molecule has 24 heavy (non-hydrogen) atoms. The van der Waals surface area contributed by atoms with Crippen molar-refractivity contribution in [2.75, 3.05) is 0 Å². The minimum absolute atomic E-state index is 0.515. The Balaban J connectivity index is 1.97. The lowest BCUT2D eigenvalue weighted by Gasteiger charge is -2.17. The van der Waals surface area contributed by atoms with Crippen LogP contribution in [0, 0.1) is 6.92 Å². The summed E-state index contributed by atoms with van der Waals surface area (Å²) in [6, 6.07) is 7.10. The van der Waals surface area contributed by atoms with Gasteiger partial charge in [-0.05, 0) is 48.6 Å². The van der Waals surface area contributed by atoms with E-state index >= 15 is 0 Å². The number of fused-ring (bicyclic) bond motifs is 1. The summed E-state index contributed by atoms with van der Waals surface area (Å²) < 4.78 is 66.5. The van der Waals surface area contributed by atoms with Crippen LogP contribution in [-0.4, -0.2) is 13.4 Å². The van der Waals surface area contributed by atoms with Gasteiger partial charge in [-0.3, -0.25) is 4.98 Å². The highest BCUT2D eigenvalue weighted by atomic mass is 32.2. The number of nitrogens with zero attached hydrogens (tertiary/aromatic N) is 1. The van der Waals surface area contributed by atoms with Crippen LogP contribution in [0.15, 0.2) is 41.4 Å². The molecule has 1 aliphatic rings. The van der Waals surface area contributed by atoms with E-state index < -0.39 is 32.8 Å². The summed E-state index contributed by atoms with van der Waals surface area (Å²) in [5, 5.41) is 0. The molecule has 3 rings (SSSR count). The van der Waals surface area contributed by atoms with Gasteiger partial charge in [0.25, 0.3) is 0 Å². The first kappa shape index (κ1) is 16.9. The van der Waals surface area contributed by atoms with Gasteiger partial charge >= 0.3 is 6.18 Å². The molecule has 1 aliphatic carbocycles. The standard InChI is InChI=1S/C16H15F3N2O2S/c1-10-4-2-5-12-11(10)7-8-13(12)21-24(22,23)14-6-3-9-20-15(14)16(17,18)19/h2-6,9,13,21H,7-8H2,1H3. The van der Waals surface area contributed by atoms with Gasteiger partial charge in [-0.2, -0.15) is 13.2 Å². The number of sulfonamides is 1. The number of hydrogen-bond donors (Lipinski definition) is 1. The monoisotopic (exact) mass is 356 g/mol. The lowest BCUT2D eigenvalue weighted by Crippen LogP contribution is -2.29. The van der Waals surface area contributed by atoms with E-state index in [2.05, 4.69) is 9.71 Å². The molecular weight excluding hydrogens is 341 g/mol. The van der Waals surface area contributed by atoms with Crippen LogP contribution >= 0.6 is 0 Å². The molecule has 0 saturated carbocycles. The van der Waals surface area contributed by atoms with Crippen LogP contribution in [0.5, 0.6) is 0 Å². The second kappa shape index (κ2) is 5.86. The number of alkyl halides is 3. The summed E-state index contributed by atoms with van der Waals surface area (Å²) in [6.45, 7) is 1.93. The molecule has 1 heterocycles. The fraction of sp³-hybridized carbons (Fsp3) is 0.312.